The van der Waals surface area contributed by atoms with E-state index in [0.717, 1.165) is 0 Å². The highest BCUT2D eigenvalue weighted by molar-refractivity contribution is 5.89. The maximum Gasteiger partial charge on any atom is 0.379 e. The molecule has 4 heterocycles. The van der Waals surface area contributed by atoms with Crippen molar-refractivity contribution in [3.63, 3.8) is 0 Å². The van der Waals surface area contributed by atoms with Gasteiger partial charge in [-0.1, -0.05) is 0 Å². The van der Waals surface area contributed by atoms with Gasteiger partial charge < -0.3 is 33.2 Å². The highest BCUT2D eigenvalue weighted by Gasteiger charge is 2.21. The molecule has 194 valence electrons. The van der Waals surface area contributed by atoms with Gasteiger partial charge in [0.05, 0.1) is 46.0 Å². The van der Waals surface area contributed by atoms with Gasteiger partial charge in [-0.2, -0.15) is 20.1 Å². The van der Waals surface area contributed by atoms with E-state index in [2.05, 4.69) is 35.3 Å². The van der Waals surface area contributed by atoms with Crippen molar-refractivity contribution in [2.75, 3.05) is 74.9 Å². The molecule has 37 heavy (non-hydrogen) atoms. The molecule has 0 atom stereocenters. The summed E-state index contributed by atoms with van der Waals surface area (Å²) in [5.74, 6) is 1.58. The van der Waals surface area contributed by atoms with Crippen LogP contribution in [0.2, 0.25) is 0 Å². The summed E-state index contributed by atoms with van der Waals surface area (Å²) in [6.45, 7) is 5.28. The standard InChI is InChI=1S/C24H27N7O6/c1-33-20-15-17(4-5-18(20)37-21(32)19-3-2-10-36-19)16-25-29-22-26-23(30-6-11-34-12-7-30)28-24(27-22)31-8-13-35-14-9-31/h2-5,10,15-16H,6-9,11-14H2,1H3,(H,26,27,28,29). The fraction of sp³-hybridized carbons (Fsp3) is 0.375. The van der Waals surface area contributed by atoms with Gasteiger partial charge in [0.15, 0.2) is 11.5 Å². The van der Waals surface area contributed by atoms with E-state index in [1.165, 1.54) is 19.4 Å². The summed E-state index contributed by atoms with van der Waals surface area (Å²) >= 11 is 0. The number of rotatable bonds is 8. The fourth-order valence-corrected chi connectivity index (χ4v) is 3.77. The lowest BCUT2D eigenvalue weighted by Gasteiger charge is -2.30. The molecule has 0 amide bonds. The number of ether oxygens (including phenoxy) is 4. The van der Waals surface area contributed by atoms with E-state index in [4.69, 9.17) is 23.4 Å². The number of hydrazone groups is 1. The molecule has 0 saturated carbocycles. The first-order valence-corrected chi connectivity index (χ1v) is 11.8. The SMILES string of the molecule is COc1cc(C=NNc2nc(N3CCOCC3)nc(N3CCOCC3)n2)ccc1OC(=O)c1ccco1. The molecule has 2 fully saturated rings. The van der Waals surface area contributed by atoms with E-state index in [1.807, 2.05) is 0 Å². The Morgan fingerprint density at radius 3 is 2.24 bits per heavy atom. The molecule has 5 rings (SSSR count). The molecule has 13 nitrogen and oxygen atoms in total. The van der Waals surface area contributed by atoms with Gasteiger partial charge in [0, 0.05) is 26.2 Å². The van der Waals surface area contributed by atoms with E-state index in [-0.39, 0.29) is 11.5 Å². The van der Waals surface area contributed by atoms with Crippen LogP contribution in [-0.4, -0.2) is 86.9 Å². The van der Waals surface area contributed by atoms with Gasteiger partial charge in [-0.05, 0) is 35.9 Å². The maximum atomic E-state index is 12.2. The van der Waals surface area contributed by atoms with Crippen molar-refractivity contribution in [3.05, 3.63) is 47.9 Å². The molecule has 0 radical (unpaired) electrons. The number of furan rings is 1. The van der Waals surface area contributed by atoms with Crippen LogP contribution in [0, 0.1) is 0 Å². The van der Waals surface area contributed by atoms with E-state index in [0.29, 0.717) is 81.8 Å². The lowest BCUT2D eigenvalue weighted by Crippen LogP contribution is -2.40. The molecule has 1 aromatic carbocycles. The van der Waals surface area contributed by atoms with Crippen molar-refractivity contribution >= 4 is 30.0 Å². The smallest absolute Gasteiger partial charge is 0.379 e. The number of benzene rings is 1. The average Bonchev–Trinajstić information content (AvgIpc) is 3.50. The summed E-state index contributed by atoms with van der Waals surface area (Å²) in [4.78, 5) is 30.1. The van der Waals surface area contributed by atoms with Crippen molar-refractivity contribution in [2.24, 2.45) is 5.10 Å². The van der Waals surface area contributed by atoms with E-state index >= 15 is 0 Å². The van der Waals surface area contributed by atoms with Crippen molar-refractivity contribution in [3.8, 4) is 11.5 Å². The topological polar surface area (TPSA) is 137 Å². The lowest BCUT2D eigenvalue weighted by atomic mass is 10.2. The van der Waals surface area contributed by atoms with E-state index < -0.39 is 5.97 Å². The number of morpholine rings is 2. The third-order valence-electron chi connectivity index (χ3n) is 5.69. The van der Waals surface area contributed by atoms with Crippen molar-refractivity contribution in [1.29, 1.82) is 0 Å². The van der Waals surface area contributed by atoms with Crippen molar-refractivity contribution < 1.29 is 28.2 Å². The predicted octanol–water partition coefficient (Wildman–Crippen LogP) is 1.81. The van der Waals surface area contributed by atoms with E-state index in [1.54, 1.807) is 30.5 Å². The van der Waals surface area contributed by atoms with Gasteiger partial charge in [0.1, 0.15) is 0 Å². The molecule has 2 aromatic heterocycles. The van der Waals surface area contributed by atoms with Crippen molar-refractivity contribution in [2.45, 2.75) is 0 Å². The zero-order valence-corrected chi connectivity index (χ0v) is 20.3. The number of methoxy groups -OCH3 is 1. The van der Waals surface area contributed by atoms with Gasteiger partial charge in [0.25, 0.3) is 0 Å². The van der Waals surface area contributed by atoms with Crippen LogP contribution in [-0.2, 0) is 9.47 Å². The van der Waals surface area contributed by atoms with Crippen LogP contribution >= 0.6 is 0 Å². The van der Waals surface area contributed by atoms with Crippen LogP contribution < -0.4 is 24.7 Å². The molecule has 0 bridgehead atoms. The fourth-order valence-electron chi connectivity index (χ4n) is 3.77. The Bertz CT molecular complexity index is 1190. The molecule has 3 aromatic rings. The second kappa shape index (κ2) is 11.7. The number of carbonyl (C=O) groups excluding carboxylic acids is 1. The van der Waals surface area contributed by atoms with Crippen LogP contribution in [0.4, 0.5) is 17.8 Å². The number of nitrogens with zero attached hydrogens (tertiary/aromatic N) is 6. The maximum absolute atomic E-state index is 12.2. The van der Waals surface area contributed by atoms with Crippen LogP contribution in [0.1, 0.15) is 16.1 Å². The summed E-state index contributed by atoms with van der Waals surface area (Å²) in [5.41, 5.74) is 3.61. The quantitative estimate of drug-likeness (QED) is 0.205. The number of nitrogens with one attached hydrogen (secondary N) is 1. The molecule has 13 heteroatoms. The second-order valence-electron chi connectivity index (χ2n) is 8.10. The van der Waals surface area contributed by atoms with Gasteiger partial charge >= 0.3 is 5.97 Å². The predicted molar refractivity (Wildman–Crippen MR) is 134 cm³/mol. The third-order valence-corrected chi connectivity index (χ3v) is 5.69. The molecule has 2 saturated heterocycles. The van der Waals surface area contributed by atoms with E-state index in [9.17, 15) is 4.79 Å². The van der Waals surface area contributed by atoms with Crippen LogP contribution in [0.25, 0.3) is 0 Å². The first kappa shape index (κ1) is 24.5. The normalized spacial score (nSPS) is 16.1. The number of anilines is 3. The highest BCUT2D eigenvalue weighted by Crippen LogP contribution is 2.28. The Balaban J connectivity index is 1.31. The van der Waals surface area contributed by atoms with Gasteiger partial charge in [0.2, 0.25) is 23.6 Å². The molecular weight excluding hydrogens is 482 g/mol. The van der Waals surface area contributed by atoms with Gasteiger partial charge in [-0.3, -0.25) is 0 Å². The minimum Gasteiger partial charge on any atom is -0.493 e. The molecule has 1 N–H and O–H groups in total. The number of esters is 1. The number of hydrogen-bond donors (Lipinski definition) is 1. The summed E-state index contributed by atoms with van der Waals surface area (Å²) in [6.07, 6.45) is 2.99. The molecule has 0 aliphatic carbocycles. The first-order valence-electron chi connectivity index (χ1n) is 11.8. The Morgan fingerprint density at radius 2 is 1.65 bits per heavy atom. The first-order chi connectivity index (χ1) is 18.2. The number of aromatic nitrogens is 3. The second-order valence-corrected chi connectivity index (χ2v) is 8.10. The summed E-state index contributed by atoms with van der Waals surface area (Å²) in [6, 6.07) is 8.20. The minimum atomic E-state index is -0.617. The monoisotopic (exact) mass is 509 g/mol. The summed E-state index contributed by atoms with van der Waals surface area (Å²) in [7, 11) is 1.49. The number of hydrogen-bond acceptors (Lipinski definition) is 13. The van der Waals surface area contributed by atoms with Gasteiger partial charge in [-0.15, -0.1) is 0 Å². The van der Waals surface area contributed by atoms with Crippen LogP contribution in [0.5, 0.6) is 11.5 Å². The molecule has 2 aliphatic heterocycles. The average molecular weight is 510 g/mol. The zero-order valence-electron chi connectivity index (χ0n) is 20.3. The highest BCUT2D eigenvalue weighted by atomic mass is 16.6. The molecular formula is C24H27N7O6. The summed E-state index contributed by atoms with van der Waals surface area (Å²) in [5, 5.41) is 4.30. The summed E-state index contributed by atoms with van der Waals surface area (Å²) < 4.78 is 26.7. The number of carbonyl (C=O) groups is 1. The van der Waals surface area contributed by atoms with Crippen molar-refractivity contribution in [1.82, 2.24) is 15.0 Å². The minimum absolute atomic E-state index is 0.0992. The Labute approximate surface area is 213 Å². The zero-order chi connectivity index (χ0) is 25.5. The lowest BCUT2D eigenvalue weighted by molar-refractivity contribution is 0.0696. The Morgan fingerprint density at radius 1 is 0.973 bits per heavy atom. The molecule has 0 spiro atoms. The Kier molecular flexibility index (Phi) is 7.72. The van der Waals surface area contributed by atoms with Crippen LogP contribution in [0.15, 0.2) is 46.1 Å². The third kappa shape index (κ3) is 6.13. The molecule has 2 aliphatic rings. The van der Waals surface area contributed by atoms with Gasteiger partial charge in [-0.25, -0.2) is 10.2 Å². The van der Waals surface area contributed by atoms with Crippen LogP contribution in [0.3, 0.4) is 0 Å². The Hall–Kier alpha value is -4.23. The largest absolute Gasteiger partial charge is 0.493 e. The molecule has 0 unspecified atom stereocenters.